The molecule has 4 amide bonds. The fourth-order valence-electron chi connectivity index (χ4n) is 9.49. The van der Waals surface area contributed by atoms with Gasteiger partial charge in [0.2, 0.25) is 11.8 Å². The summed E-state index contributed by atoms with van der Waals surface area (Å²) in [6.07, 6.45) is 21.1. The number of ether oxygens (including phenoxy) is 4. The molecule has 6 N–H and O–H groups in total. The van der Waals surface area contributed by atoms with Crippen LogP contribution in [0.1, 0.15) is 184 Å². The Morgan fingerprint density at radius 1 is 0.680 bits per heavy atom. The minimum Gasteiger partial charge on any atom is -0.387 e. The van der Waals surface area contributed by atoms with Crippen LogP contribution >= 0.6 is 0 Å². The molecular formula is C59H104N4O12. The minimum atomic E-state index is -1.67. The average molecular weight is 1060 g/mol. The maximum absolute atomic E-state index is 13.4. The Morgan fingerprint density at radius 3 is 1.57 bits per heavy atom. The van der Waals surface area contributed by atoms with Gasteiger partial charge in [0, 0.05) is 40.4 Å². The molecule has 432 valence electrons. The molecule has 3 fully saturated rings. The molecule has 10 atom stereocenters. The molecule has 16 nitrogen and oxygen atoms in total. The van der Waals surface area contributed by atoms with E-state index in [1.54, 1.807) is 19.9 Å². The van der Waals surface area contributed by atoms with E-state index in [1.165, 1.54) is 65.2 Å². The van der Waals surface area contributed by atoms with Gasteiger partial charge in [-0.3, -0.25) is 19.2 Å². The monoisotopic (exact) mass is 1060 g/mol. The van der Waals surface area contributed by atoms with Gasteiger partial charge in [-0.15, -0.1) is 13.2 Å². The van der Waals surface area contributed by atoms with Crippen LogP contribution in [0.4, 0.5) is 0 Å². The second kappa shape index (κ2) is 35.1. The van der Waals surface area contributed by atoms with Crippen molar-refractivity contribution in [2.45, 2.75) is 251 Å². The van der Waals surface area contributed by atoms with Crippen LogP contribution in [-0.2, 0) is 38.1 Å². The smallest absolute Gasteiger partial charge is 0.252 e. The molecule has 2 unspecified atom stereocenters. The number of rotatable bonds is 30. The molecule has 3 rings (SSSR count). The molecule has 0 aromatic carbocycles. The first-order chi connectivity index (χ1) is 35.4. The molecule has 16 heteroatoms. The highest BCUT2D eigenvalue weighted by Crippen LogP contribution is 2.32. The third-order valence-electron chi connectivity index (χ3n) is 13.8. The summed E-state index contributed by atoms with van der Waals surface area (Å²) in [6.45, 7) is 25.8. The quantitative estimate of drug-likeness (QED) is 0.0298. The SMILES string of the molecule is C=CCCCCCCCCN1CCCCC(NC(=O)[C@H](OC)[C@@H]2OC(C)(C)O[C@H](/C=C/C(C)(C)C)[C@@H]2O)C1=O.C=CCCCCCCCCN1CCCCC(NC(=O)[C@H](OC)[C@H](O)[C@@H](O)[C@H](O)/C=C/C(C)(C)C)C1=O. The molecule has 3 heterocycles. The molecule has 0 spiro atoms. The second-order valence-corrected chi connectivity index (χ2v) is 23.5. The van der Waals surface area contributed by atoms with Gasteiger partial charge in [0.05, 0.1) is 0 Å². The zero-order chi connectivity index (χ0) is 56.2. The molecule has 3 aliphatic heterocycles. The Balaban J connectivity index is 0.000000515. The summed E-state index contributed by atoms with van der Waals surface area (Å²) in [5.41, 5.74) is -0.322. The predicted octanol–water partition coefficient (Wildman–Crippen LogP) is 8.00. The number of carbonyl (C=O) groups is 4. The van der Waals surface area contributed by atoms with E-state index in [1.807, 2.05) is 54.9 Å². The van der Waals surface area contributed by atoms with Crippen molar-refractivity contribution < 1.29 is 58.6 Å². The van der Waals surface area contributed by atoms with Gasteiger partial charge in [-0.1, -0.05) is 129 Å². The maximum Gasteiger partial charge on any atom is 0.252 e. The average Bonchev–Trinajstić information content (AvgIpc) is 3.63. The van der Waals surface area contributed by atoms with Crippen molar-refractivity contribution in [3.05, 3.63) is 49.6 Å². The maximum atomic E-state index is 13.4. The van der Waals surface area contributed by atoms with Crippen molar-refractivity contribution in [1.82, 2.24) is 20.4 Å². The lowest BCUT2D eigenvalue weighted by Gasteiger charge is -2.45. The minimum absolute atomic E-state index is 0.0403. The van der Waals surface area contributed by atoms with Gasteiger partial charge in [-0.25, -0.2) is 0 Å². The van der Waals surface area contributed by atoms with Gasteiger partial charge in [0.1, 0.15) is 48.7 Å². The summed E-state index contributed by atoms with van der Waals surface area (Å²) >= 11 is 0. The van der Waals surface area contributed by atoms with Crippen molar-refractivity contribution in [2.24, 2.45) is 10.8 Å². The van der Waals surface area contributed by atoms with Crippen LogP contribution in [-0.4, -0.2) is 161 Å². The zero-order valence-corrected chi connectivity index (χ0v) is 48.1. The summed E-state index contributed by atoms with van der Waals surface area (Å²) in [4.78, 5) is 56.5. The molecule has 3 aliphatic rings. The van der Waals surface area contributed by atoms with Crippen LogP contribution in [0.2, 0.25) is 0 Å². The van der Waals surface area contributed by atoms with E-state index in [-0.39, 0.29) is 22.6 Å². The van der Waals surface area contributed by atoms with Crippen LogP contribution in [0.15, 0.2) is 49.6 Å². The van der Waals surface area contributed by atoms with Gasteiger partial charge in [0.25, 0.3) is 11.8 Å². The molecule has 75 heavy (non-hydrogen) atoms. The Bertz CT molecular complexity index is 1740. The predicted molar refractivity (Wildman–Crippen MR) is 296 cm³/mol. The Morgan fingerprint density at radius 2 is 1.13 bits per heavy atom. The van der Waals surface area contributed by atoms with E-state index in [2.05, 4.69) is 44.6 Å². The van der Waals surface area contributed by atoms with Crippen molar-refractivity contribution in [2.75, 3.05) is 40.4 Å². The summed E-state index contributed by atoms with van der Waals surface area (Å²) in [7, 11) is 2.66. The number of methoxy groups -OCH3 is 2. The number of carbonyl (C=O) groups excluding carboxylic acids is 4. The summed E-state index contributed by atoms with van der Waals surface area (Å²) in [5, 5.41) is 47.9. The number of hydrogen-bond donors (Lipinski definition) is 6. The van der Waals surface area contributed by atoms with Crippen LogP contribution in [0.5, 0.6) is 0 Å². The number of amides is 4. The molecule has 0 bridgehead atoms. The molecule has 0 radical (unpaired) electrons. The lowest BCUT2D eigenvalue weighted by Crippen LogP contribution is -2.62. The molecule has 0 saturated carbocycles. The van der Waals surface area contributed by atoms with Gasteiger partial charge in [-0.2, -0.15) is 0 Å². The van der Waals surface area contributed by atoms with Crippen LogP contribution in [0.3, 0.4) is 0 Å². The van der Waals surface area contributed by atoms with Gasteiger partial charge in [0.15, 0.2) is 18.0 Å². The van der Waals surface area contributed by atoms with E-state index < -0.39 is 78.5 Å². The lowest BCUT2D eigenvalue weighted by atomic mass is 9.93. The third kappa shape index (κ3) is 26.2. The molecular weight excluding hydrogens is 957 g/mol. The highest BCUT2D eigenvalue weighted by Gasteiger charge is 2.48. The van der Waals surface area contributed by atoms with Crippen molar-refractivity contribution >= 4 is 23.6 Å². The number of nitrogens with one attached hydrogen (secondary N) is 2. The molecule has 0 aromatic rings. The summed E-state index contributed by atoms with van der Waals surface area (Å²) in [5.74, 6) is -2.34. The van der Waals surface area contributed by atoms with Crippen LogP contribution in [0, 0.1) is 10.8 Å². The number of unbranched alkanes of at least 4 members (excludes halogenated alkanes) is 12. The molecule has 0 aliphatic carbocycles. The van der Waals surface area contributed by atoms with Crippen molar-refractivity contribution in [1.29, 1.82) is 0 Å². The first kappa shape index (κ1) is 67.6. The fraction of sp³-hybridized carbons (Fsp3) is 0.797. The fourth-order valence-corrected chi connectivity index (χ4v) is 9.49. The number of aliphatic hydroxyl groups excluding tert-OH is 4. The molecule has 0 aromatic heterocycles. The number of likely N-dealkylation sites (tertiary alicyclic amines) is 2. The second-order valence-electron chi connectivity index (χ2n) is 23.5. The number of allylic oxidation sites excluding steroid dienone is 4. The van der Waals surface area contributed by atoms with Crippen LogP contribution in [0.25, 0.3) is 0 Å². The summed E-state index contributed by atoms with van der Waals surface area (Å²) in [6, 6.07) is -1.32. The van der Waals surface area contributed by atoms with E-state index in [0.717, 1.165) is 77.2 Å². The van der Waals surface area contributed by atoms with Crippen LogP contribution < -0.4 is 10.6 Å². The van der Waals surface area contributed by atoms with Gasteiger partial charge >= 0.3 is 0 Å². The standard InChI is InChI=1S/C31H54N2O6.C28H50N2O6/c1-8-9-10-11-12-13-14-16-21-33-22-17-15-18-23(29(33)36)32-28(35)27(37-7)26-25(34)24(19-20-30(2,3)4)38-31(5,6)39-26;1-6-7-8-9-10-11-12-14-19-30-20-15-13-16-21(27(30)35)29-26(34)25(36-5)24(33)23(32)22(31)17-18-28(2,3)4/h8,19-20,23-27,34H,1,9-18,21-22H2,2-7H3,(H,32,35);6,17-18,21-25,31-33H,1,7-16,19-20H2,2-5H3,(H,29,34)/b20-19+;18-17+/t23?,24-,25+,26-,27-;21?,22-,23+,24-,25-/m11/s1. The highest BCUT2D eigenvalue weighted by atomic mass is 16.7. The number of nitrogens with zero attached hydrogens (tertiary/aromatic N) is 2. The number of aliphatic hydroxyl groups is 4. The third-order valence-corrected chi connectivity index (χ3v) is 13.8. The topological polar surface area (TPSA) is 217 Å². The zero-order valence-electron chi connectivity index (χ0n) is 48.1. The van der Waals surface area contributed by atoms with E-state index in [4.69, 9.17) is 18.9 Å². The van der Waals surface area contributed by atoms with E-state index in [9.17, 15) is 39.6 Å². The first-order valence-corrected chi connectivity index (χ1v) is 28.3. The van der Waals surface area contributed by atoms with E-state index in [0.29, 0.717) is 32.5 Å². The first-order valence-electron chi connectivity index (χ1n) is 28.3. The van der Waals surface area contributed by atoms with Gasteiger partial charge < -0.3 is 59.8 Å². The normalized spacial score (nSPS) is 23.8. The number of hydrogen-bond acceptors (Lipinski definition) is 12. The summed E-state index contributed by atoms with van der Waals surface area (Å²) < 4.78 is 22.7. The molecule has 3 saturated heterocycles. The Kier molecular flexibility index (Phi) is 31.7. The van der Waals surface area contributed by atoms with Crippen molar-refractivity contribution in [3.63, 3.8) is 0 Å². The highest BCUT2D eigenvalue weighted by molar-refractivity contribution is 5.90. The Hall–Kier alpha value is -3.48. The van der Waals surface area contributed by atoms with Gasteiger partial charge in [-0.05, 0) is 102 Å². The lowest BCUT2D eigenvalue weighted by molar-refractivity contribution is -0.334. The Labute approximate surface area is 452 Å². The largest absolute Gasteiger partial charge is 0.387 e. The van der Waals surface area contributed by atoms with Crippen molar-refractivity contribution in [3.8, 4) is 0 Å². The van der Waals surface area contributed by atoms with E-state index >= 15 is 0 Å².